The smallest absolute Gasteiger partial charge is 0.338 e. The molecule has 1 aliphatic rings. The van der Waals surface area contributed by atoms with Crippen LogP contribution < -0.4 is 10.6 Å². The number of rotatable bonds is 7. The Morgan fingerprint density at radius 3 is 2.46 bits per heavy atom. The Morgan fingerprint density at radius 2 is 1.85 bits per heavy atom. The van der Waals surface area contributed by atoms with Gasteiger partial charge in [0.2, 0.25) is 0 Å². The van der Waals surface area contributed by atoms with E-state index in [1.54, 1.807) is 6.92 Å². The number of amides is 2. The Balaban J connectivity index is 2.09. The van der Waals surface area contributed by atoms with Crippen molar-refractivity contribution in [2.24, 2.45) is 0 Å². The second-order valence-electron chi connectivity index (χ2n) is 5.64. The van der Waals surface area contributed by atoms with Crippen molar-refractivity contribution in [2.45, 2.75) is 32.7 Å². The predicted octanol–water partition coefficient (Wildman–Crippen LogP) is 1.82. The molecule has 2 rings (SSSR count). The van der Waals surface area contributed by atoms with Gasteiger partial charge in [-0.1, -0.05) is 19.1 Å². The fourth-order valence-electron chi connectivity index (χ4n) is 2.55. The highest BCUT2D eigenvalue weighted by molar-refractivity contribution is 5.94. The van der Waals surface area contributed by atoms with Crippen LogP contribution in [-0.4, -0.2) is 37.2 Å². The molecule has 1 aromatic carbocycles. The SMILES string of the molecule is CCOC(=O)C1=C(COC(=O)Cc2ccc(F)cc2)NC(=O)N[C@H]1CC. The third kappa shape index (κ3) is 5.05. The van der Waals surface area contributed by atoms with Crippen LogP contribution in [0.4, 0.5) is 9.18 Å². The van der Waals surface area contributed by atoms with Crippen molar-refractivity contribution in [3.8, 4) is 0 Å². The number of halogens is 1. The summed E-state index contributed by atoms with van der Waals surface area (Å²) in [6, 6.07) is 4.48. The number of hydrogen-bond donors (Lipinski definition) is 2. The third-order valence-corrected chi connectivity index (χ3v) is 3.79. The number of urea groups is 1. The Hall–Kier alpha value is -2.90. The lowest BCUT2D eigenvalue weighted by Gasteiger charge is -2.28. The second-order valence-corrected chi connectivity index (χ2v) is 5.64. The minimum Gasteiger partial charge on any atom is -0.463 e. The van der Waals surface area contributed by atoms with Crippen LogP contribution in [0, 0.1) is 5.82 Å². The van der Waals surface area contributed by atoms with Crippen molar-refractivity contribution in [3.63, 3.8) is 0 Å². The Labute approximate surface area is 150 Å². The van der Waals surface area contributed by atoms with Gasteiger partial charge in [0.1, 0.15) is 12.4 Å². The number of hydrogen-bond acceptors (Lipinski definition) is 5. The van der Waals surface area contributed by atoms with Crippen LogP contribution in [0.2, 0.25) is 0 Å². The van der Waals surface area contributed by atoms with Gasteiger partial charge in [-0.2, -0.15) is 0 Å². The van der Waals surface area contributed by atoms with Crippen LogP contribution in [0.1, 0.15) is 25.8 Å². The van der Waals surface area contributed by atoms with E-state index in [2.05, 4.69) is 10.6 Å². The summed E-state index contributed by atoms with van der Waals surface area (Å²) in [5, 5.41) is 5.13. The van der Waals surface area contributed by atoms with Gasteiger partial charge in [0.05, 0.1) is 30.3 Å². The van der Waals surface area contributed by atoms with E-state index in [-0.39, 0.29) is 30.9 Å². The number of carbonyl (C=O) groups is 3. The van der Waals surface area contributed by atoms with Crippen LogP contribution in [-0.2, 0) is 25.5 Å². The first-order chi connectivity index (χ1) is 12.4. The van der Waals surface area contributed by atoms with Crippen molar-refractivity contribution < 1.29 is 28.2 Å². The average Bonchev–Trinajstić information content (AvgIpc) is 2.61. The molecule has 1 atom stereocenters. The van der Waals surface area contributed by atoms with Crippen molar-refractivity contribution in [1.82, 2.24) is 10.6 Å². The molecule has 0 aliphatic carbocycles. The summed E-state index contributed by atoms with van der Waals surface area (Å²) in [4.78, 5) is 35.9. The maximum atomic E-state index is 12.9. The van der Waals surface area contributed by atoms with Gasteiger partial charge in [-0.05, 0) is 31.0 Å². The van der Waals surface area contributed by atoms with Gasteiger partial charge in [0, 0.05) is 0 Å². The van der Waals surface area contributed by atoms with Gasteiger partial charge in [-0.25, -0.2) is 14.0 Å². The fraction of sp³-hybridized carbons (Fsp3) is 0.389. The first-order valence-corrected chi connectivity index (χ1v) is 8.32. The monoisotopic (exact) mass is 364 g/mol. The molecule has 7 nitrogen and oxygen atoms in total. The quantitative estimate of drug-likeness (QED) is 0.720. The molecule has 1 aliphatic heterocycles. The fourth-order valence-corrected chi connectivity index (χ4v) is 2.55. The van der Waals surface area contributed by atoms with Gasteiger partial charge in [0.25, 0.3) is 0 Å². The molecule has 0 saturated carbocycles. The topological polar surface area (TPSA) is 93.7 Å². The summed E-state index contributed by atoms with van der Waals surface area (Å²) in [6.45, 7) is 3.41. The first-order valence-electron chi connectivity index (χ1n) is 8.32. The Bertz CT molecular complexity index is 715. The van der Waals surface area contributed by atoms with Crippen molar-refractivity contribution in [1.29, 1.82) is 0 Å². The summed E-state index contributed by atoms with van der Waals surface area (Å²) in [7, 11) is 0. The minimum atomic E-state index is -0.573. The van der Waals surface area contributed by atoms with E-state index in [0.717, 1.165) is 0 Å². The largest absolute Gasteiger partial charge is 0.463 e. The summed E-state index contributed by atoms with van der Waals surface area (Å²) < 4.78 is 23.1. The maximum Gasteiger partial charge on any atom is 0.338 e. The van der Waals surface area contributed by atoms with Gasteiger partial charge in [-0.15, -0.1) is 0 Å². The molecule has 0 unspecified atom stereocenters. The van der Waals surface area contributed by atoms with Gasteiger partial charge < -0.3 is 20.1 Å². The zero-order chi connectivity index (χ0) is 19.1. The lowest BCUT2D eigenvalue weighted by Crippen LogP contribution is -2.51. The summed E-state index contributed by atoms with van der Waals surface area (Å²) in [6.07, 6.45) is 0.431. The van der Waals surface area contributed by atoms with Gasteiger partial charge in [0.15, 0.2) is 0 Å². The lowest BCUT2D eigenvalue weighted by molar-refractivity contribution is -0.143. The Kier molecular flexibility index (Phi) is 6.71. The molecule has 1 aromatic rings. The molecule has 2 N–H and O–H groups in total. The lowest BCUT2D eigenvalue weighted by atomic mass is 10.0. The van der Waals surface area contributed by atoms with Gasteiger partial charge in [-0.3, -0.25) is 4.79 Å². The standard InChI is InChI=1S/C18H21FN2O5/c1-3-13-16(17(23)25-4-2)14(21-18(24)20-13)10-26-15(22)9-11-5-7-12(19)8-6-11/h5-8,13H,3-4,9-10H2,1-2H3,(H2,20,21,24)/t13-/m0/s1. The molecule has 0 aromatic heterocycles. The number of benzene rings is 1. The van der Waals surface area contributed by atoms with E-state index >= 15 is 0 Å². The summed E-state index contributed by atoms with van der Waals surface area (Å²) in [5.74, 6) is -1.53. The molecular formula is C18H21FN2O5. The summed E-state index contributed by atoms with van der Waals surface area (Å²) >= 11 is 0. The molecule has 26 heavy (non-hydrogen) atoms. The number of carbonyl (C=O) groups excluding carboxylic acids is 3. The van der Waals surface area contributed by atoms with Gasteiger partial charge >= 0.3 is 18.0 Å². The number of esters is 2. The molecule has 0 radical (unpaired) electrons. The Morgan fingerprint density at radius 1 is 1.15 bits per heavy atom. The highest BCUT2D eigenvalue weighted by Gasteiger charge is 2.31. The van der Waals surface area contributed by atoms with E-state index in [1.807, 2.05) is 6.92 Å². The van der Waals surface area contributed by atoms with E-state index in [0.29, 0.717) is 12.0 Å². The maximum absolute atomic E-state index is 12.9. The molecule has 0 spiro atoms. The molecule has 2 amide bonds. The predicted molar refractivity (Wildman–Crippen MR) is 90.5 cm³/mol. The first kappa shape index (κ1) is 19.4. The highest BCUT2D eigenvalue weighted by Crippen LogP contribution is 2.17. The number of ether oxygens (including phenoxy) is 2. The molecule has 0 fully saturated rings. The van der Waals surface area contributed by atoms with Crippen LogP contribution >= 0.6 is 0 Å². The third-order valence-electron chi connectivity index (χ3n) is 3.79. The van der Waals surface area contributed by atoms with Crippen molar-refractivity contribution >= 4 is 18.0 Å². The van der Waals surface area contributed by atoms with E-state index in [9.17, 15) is 18.8 Å². The van der Waals surface area contributed by atoms with E-state index in [1.165, 1.54) is 24.3 Å². The minimum absolute atomic E-state index is 0.0499. The zero-order valence-electron chi connectivity index (χ0n) is 14.6. The van der Waals surface area contributed by atoms with E-state index in [4.69, 9.17) is 9.47 Å². The molecule has 0 saturated heterocycles. The second kappa shape index (κ2) is 8.98. The highest BCUT2D eigenvalue weighted by atomic mass is 19.1. The van der Waals surface area contributed by atoms with Crippen LogP contribution in [0.15, 0.2) is 35.5 Å². The van der Waals surface area contributed by atoms with Crippen LogP contribution in [0.25, 0.3) is 0 Å². The number of nitrogens with one attached hydrogen (secondary N) is 2. The summed E-state index contributed by atoms with van der Waals surface area (Å²) in [5.41, 5.74) is 1.03. The molecule has 140 valence electrons. The average molecular weight is 364 g/mol. The normalized spacial score (nSPS) is 16.6. The van der Waals surface area contributed by atoms with Crippen LogP contribution in [0.5, 0.6) is 0 Å². The molecule has 0 bridgehead atoms. The molecule has 8 heteroatoms. The van der Waals surface area contributed by atoms with E-state index < -0.39 is 29.8 Å². The van der Waals surface area contributed by atoms with Crippen LogP contribution in [0.3, 0.4) is 0 Å². The van der Waals surface area contributed by atoms with Crippen molar-refractivity contribution in [2.75, 3.05) is 13.2 Å². The molecule has 1 heterocycles. The van der Waals surface area contributed by atoms with Crippen molar-refractivity contribution in [3.05, 3.63) is 46.9 Å². The zero-order valence-corrected chi connectivity index (χ0v) is 14.6. The molecular weight excluding hydrogens is 343 g/mol.